The summed E-state index contributed by atoms with van der Waals surface area (Å²) in [4.78, 5) is 2.26. The lowest BCUT2D eigenvalue weighted by molar-refractivity contribution is 0.0717. The third-order valence-corrected chi connectivity index (χ3v) is 4.00. The molecule has 0 fully saturated rings. The molecule has 0 aromatic heterocycles. The zero-order valence-electron chi connectivity index (χ0n) is 12.9. The zero-order chi connectivity index (χ0) is 14.3. The molecule has 0 spiro atoms. The normalized spacial score (nSPS) is 14.6. The molecule has 0 aliphatic carbocycles. The Morgan fingerprint density at radius 2 is 1.74 bits per heavy atom. The van der Waals surface area contributed by atoms with Crippen molar-refractivity contribution >= 4 is 0 Å². The minimum absolute atomic E-state index is 0.157. The van der Waals surface area contributed by atoms with E-state index in [1.807, 2.05) is 0 Å². The molecule has 2 heteroatoms. The summed E-state index contributed by atoms with van der Waals surface area (Å²) in [6.07, 6.45) is 4.35. The van der Waals surface area contributed by atoms with Gasteiger partial charge in [-0.25, -0.2) is 0 Å². The third-order valence-electron chi connectivity index (χ3n) is 4.00. The van der Waals surface area contributed by atoms with Gasteiger partial charge in [-0.3, -0.25) is 0 Å². The molecule has 0 saturated heterocycles. The molecule has 0 saturated carbocycles. The van der Waals surface area contributed by atoms with Crippen LogP contribution in [0.5, 0.6) is 0 Å². The molecule has 1 N–H and O–H groups in total. The lowest BCUT2D eigenvalue weighted by Gasteiger charge is -2.29. The van der Waals surface area contributed by atoms with Crippen LogP contribution in [0.1, 0.15) is 57.3 Å². The molecule has 1 aromatic rings. The standard InChI is InChI=1S/C17H29NO/c1-5-7-8-13-18(4)14(3)17(19)16-11-9-15(6-2)10-12-16/h9-12,14,17,19H,5-8,13H2,1-4H3. The van der Waals surface area contributed by atoms with Gasteiger partial charge in [0.2, 0.25) is 0 Å². The first kappa shape index (κ1) is 16.2. The van der Waals surface area contributed by atoms with Gasteiger partial charge in [0, 0.05) is 6.04 Å². The number of aliphatic hydroxyl groups excluding tert-OH is 1. The fourth-order valence-electron chi connectivity index (χ4n) is 2.28. The van der Waals surface area contributed by atoms with Crippen molar-refractivity contribution in [2.75, 3.05) is 13.6 Å². The molecule has 0 radical (unpaired) electrons. The quantitative estimate of drug-likeness (QED) is 0.721. The number of hydrogen-bond donors (Lipinski definition) is 1. The van der Waals surface area contributed by atoms with Crippen molar-refractivity contribution in [1.82, 2.24) is 4.90 Å². The summed E-state index contributed by atoms with van der Waals surface area (Å²) in [6.45, 7) is 7.52. The Kier molecular flexibility index (Phi) is 7.11. The van der Waals surface area contributed by atoms with E-state index in [-0.39, 0.29) is 6.04 Å². The summed E-state index contributed by atoms with van der Waals surface area (Å²) in [5.41, 5.74) is 2.34. The largest absolute Gasteiger partial charge is 0.387 e. The lowest BCUT2D eigenvalue weighted by Crippen LogP contribution is -2.35. The van der Waals surface area contributed by atoms with E-state index in [1.54, 1.807) is 0 Å². The number of nitrogens with zero attached hydrogens (tertiary/aromatic N) is 1. The van der Waals surface area contributed by atoms with Crippen molar-refractivity contribution in [3.05, 3.63) is 35.4 Å². The van der Waals surface area contributed by atoms with Crippen LogP contribution < -0.4 is 0 Å². The van der Waals surface area contributed by atoms with Gasteiger partial charge in [0.05, 0.1) is 6.10 Å². The van der Waals surface area contributed by atoms with Gasteiger partial charge in [-0.05, 0) is 44.5 Å². The van der Waals surface area contributed by atoms with Crippen LogP contribution >= 0.6 is 0 Å². The van der Waals surface area contributed by atoms with Crippen LogP contribution in [0.15, 0.2) is 24.3 Å². The summed E-state index contributed by atoms with van der Waals surface area (Å²) in [5, 5.41) is 10.4. The Morgan fingerprint density at radius 3 is 2.26 bits per heavy atom. The molecule has 0 bridgehead atoms. The molecule has 0 aliphatic heterocycles. The second-order valence-corrected chi connectivity index (χ2v) is 5.47. The van der Waals surface area contributed by atoms with Gasteiger partial charge in [0.1, 0.15) is 0 Å². The second kappa shape index (κ2) is 8.34. The Hall–Kier alpha value is -0.860. The molecule has 0 amide bonds. The summed E-state index contributed by atoms with van der Waals surface area (Å²) in [7, 11) is 2.10. The van der Waals surface area contributed by atoms with Crippen LogP contribution in [0.4, 0.5) is 0 Å². The highest BCUT2D eigenvalue weighted by atomic mass is 16.3. The van der Waals surface area contributed by atoms with Gasteiger partial charge in [-0.2, -0.15) is 0 Å². The number of likely N-dealkylation sites (N-methyl/N-ethyl adjacent to an activating group) is 1. The van der Waals surface area contributed by atoms with E-state index in [9.17, 15) is 5.11 Å². The van der Waals surface area contributed by atoms with E-state index in [0.29, 0.717) is 0 Å². The van der Waals surface area contributed by atoms with Crippen LogP contribution in [-0.2, 0) is 6.42 Å². The summed E-state index contributed by atoms with van der Waals surface area (Å²) >= 11 is 0. The second-order valence-electron chi connectivity index (χ2n) is 5.47. The van der Waals surface area contributed by atoms with Crippen molar-refractivity contribution < 1.29 is 5.11 Å². The number of unbranched alkanes of at least 4 members (excludes halogenated alkanes) is 2. The first-order chi connectivity index (χ1) is 9.10. The molecule has 2 nitrogen and oxygen atoms in total. The highest BCUT2D eigenvalue weighted by molar-refractivity contribution is 5.24. The lowest BCUT2D eigenvalue weighted by atomic mass is 10.0. The van der Waals surface area contributed by atoms with Crippen LogP contribution in [0.3, 0.4) is 0 Å². The predicted octanol–water partition coefficient (Wildman–Crippen LogP) is 3.79. The van der Waals surface area contributed by atoms with Crippen LogP contribution in [0.2, 0.25) is 0 Å². The fourth-order valence-corrected chi connectivity index (χ4v) is 2.28. The molecule has 0 aliphatic rings. The van der Waals surface area contributed by atoms with E-state index in [1.165, 1.54) is 24.8 Å². The van der Waals surface area contributed by atoms with Gasteiger partial charge >= 0.3 is 0 Å². The maximum atomic E-state index is 10.4. The Morgan fingerprint density at radius 1 is 1.11 bits per heavy atom. The average molecular weight is 263 g/mol. The van der Waals surface area contributed by atoms with Crippen LogP contribution in [-0.4, -0.2) is 29.6 Å². The maximum Gasteiger partial charge on any atom is 0.0942 e. The molecule has 1 aromatic carbocycles. The van der Waals surface area contributed by atoms with Gasteiger partial charge in [-0.15, -0.1) is 0 Å². The van der Waals surface area contributed by atoms with Crippen molar-refractivity contribution in [3.8, 4) is 0 Å². The number of aliphatic hydroxyl groups is 1. The molecular weight excluding hydrogens is 234 g/mol. The van der Waals surface area contributed by atoms with Crippen molar-refractivity contribution in [2.45, 2.75) is 58.6 Å². The number of hydrogen-bond acceptors (Lipinski definition) is 2. The highest BCUT2D eigenvalue weighted by Gasteiger charge is 2.19. The topological polar surface area (TPSA) is 23.5 Å². The third kappa shape index (κ3) is 4.96. The monoisotopic (exact) mass is 263 g/mol. The SMILES string of the molecule is CCCCCN(C)C(C)C(O)c1ccc(CC)cc1. The minimum atomic E-state index is -0.405. The molecule has 2 unspecified atom stereocenters. The minimum Gasteiger partial charge on any atom is -0.387 e. The smallest absolute Gasteiger partial charge is 0.0942 e. The Balaban J connectivity index is 2.56. The number of rotatable bonds is 8. The number of aryl methyl sites for hydroxylation is 1. The molecular formula is C17H29NO. The molecule has 19 heavy (non-hydrogen) atoms. The molecule has 1 rings (SSSR count). The number of benzene rings is 1. The zero-order valence-corrected chi connectivity index (χ0v) is 12.9. The average Bonchev–Trinajstić information content (AvgIpc) is 2.46. The van der Waals surface area contributed by atoms with E-state index < -0.39 is 6.10 Å². The first-order valence-corrected chi connectivity index (χ1v) is 7.57. The van der Waals surface area contributed by atoms with E-state index in [0.717, 1.165) is 18.5 Å². The van der Waals surface area contributed by atoms with Crippen LogP contribution in [0.25, 0.3) is 0 Å². The van der Waals surface area contributed by atoms with E-state index >= 15 is 0 Å². The summed E-state index contributed by atoms with van der Waals surface area (Å²) in [6, 6.07) is 8.49. The summed E-state index contributed by atoms with van der Waals surface area (Å²) < 4.78 is 0. The highest BCUT2D eigenvalue weighted by Crippen LogP contribution is 2.21. The summed E-state index contributed by atoms with van der Waals surface area (Å²) in [5.74, 6) is 0. The predicted molar refractivity (Wildman–Crippen MR) is 82.4 cm³/mol. The van der Waals surface area contributed by atoms with Gasteiger partial charge < -0.3 is 10.0 Å². The van der Waals surface area contributed by atoms with Gasteiger partial charge in [0.15, 0.2) is 0 Å². The van der Waals surface area contributed by atoms with Crippen molar-refractivity contribution in [3.63, 3.8) is 0 Å². The first-order valence-electron chi connectivity index (χ1n) is 7.57. The molecule has 0 heterocycles. The fraction of sp³-hybridized carbons (Fsp3) is 0.647. The Labute approximate surface area is 118 Å². The van der Waals surface area contributed by atoms with E-state index in [4.69, 9.17) is 0 Å². The molecule has 108 valence electrons. The van der Waals surface area contributed by atoms with Gasteiger partial charge in [-0.1, -0.05) is 51.0 Å². The molecule has 2 atom stereocenters. The van der Waals surface area contributed by atoms with Crippen molar-refractivity contribution in [2.24, 2.45) is 0 Å². The van der Waals surface area contributed by atoms with Crippen molar-refractivity contribution in [1.29, 1.82) is 0 Å². The Bertz CT molecular complexity index is 347. The van der Waals surface area contributed by atoms with E-state index in [2.05, 4.69) is 57.0 Å². The van der Waals surface area contributed by atoms with Crippen LogP contribution in [0, 0.1) is 0 Å². The maximum absolute atomic E-state index is 10.4. The van der Waals surface area contributed by atoms with Gasteiger partial charge in [0.25, 0.3) is 0 Å².